The Balaban J connectivity index is 2.72. The molecule has 0 heterocycles. The minimum atomic E-state index is -0.279. The lowest BCUT2D eigenvalue weighted by atomic mass is 10.1. The monoisotopic (exact) mass is 299 g/mol. The van der Waals surface area contributed by atoms with Gasteiger partial charge in [0.15, 0.2) is 0 Å². The Morgan fingerprint density at radius 3 is 2.76 bits per heavy atom. The Kier molecular flexibility index (Phi) is 6.05. The molecule has 0 aliphatic carbocycles. The second-order valence-corrected chi connectivity index (χ2v) is 4.70. The molecule has 0 fully saturated rings. The van der Waals surface area contributed by atoms with Gasteiger partial charge in [0.25, 0.3) is 0 Å². The van der Waals surface area contributed by atoms with Crippen molar-refractivity contribution in [2.45, 2.75) is 32.2 Å². The summed E-state index contributed by atoms with van der Waals surface area (Å²) in [5, 5.41) is 3.21. The zero-order valence-corrected chi connectivity index (χ0v) is 11.8. The summed E-state index contributed by atoms with van der Waals surface area (Å²) >= 11 is 3.45. The number of methoxy groups -OCH3 is 1. The van der Waals surface area contributed by atoms with Gasteiger partial charge in [-0.2, -0.15) is 0 Å². The summed E-state index contributed by atoms with van der Waals surface area (Å²) in [5.74, 6) is -0.214. The molecule has 17 heavy (non-hydrogen) atoms. The summed E-state index contributed by atoms with van der Waals surface area (Å²) in [5.41, 5.74) is 0.916. The zero-order valence-electron chi connectivity index (χ0n) is 10.2. The molecule has 1 aromatic carbocycles. The number of para-hydroxylation sites is 1. The Labute approximate surface area is 111 Å². The van der Waals surface area contributed by atoms with E-state index in [9.17, 15) is 4.79 Å². The van der Waals surface area contributed by atoms with Crippen LogP contribution in [0.2, 0.25) is 0 Å². The molecule has 1 unspecified atom stereocenters. The Bertz CT molecular complexity index is 368. The zero-order chi connectivity index (χ0) is 12.7. The molecule has 0 bridgehead atoms. The number of rotatable bonds is 6. The normalized spacial score (nSPS) is 11.9. The molecule has 0 spiro atoms. The molecule has 1 aromatic rings. The van der Waals surface area contributed by atoms with Gasteiger partial charge in [0.05, 0.1) is 7.11 Å². The summed E-state index contributed by atoms with van der Waals surface area (Å²) in [4.78, 5) is 11.6. The van der Waals surface area contributed by atoms with Crippen LogP contribution in [0.4, 0.5) is 5.69 Å². The molecule has 4 heteroatoms. The van der Waals surface area contributed by atoms with Gasteiger partial charge in [-0.15, -0.1) is 0 Å². The predicted octanol–water partition coefficient (Wildman–Crippen LogP) is 3.59. The standard InChI is InChI=1S/C13H18BrNO2/c1-3-4-8-12(13(16)17-2)15-11-9-6-5-7-10(11)14/h5-7,9,12,15H,3-4,8H2,1-2H3. The minimum Gasteiger partial charge on any atom is -0.467 e. The number of anilines is 1. The molecule has 0 aromatic heterocycles. The van der Waals surface area contributed by atoms with Crippen LogP contribution in [0.25, 0.3) is 0 Å². The molecule has 0 aliphatic heterocycles. The summed E-state index contributed by atoms with van der Waals surface area (Å²) in [6.07, 6.45) is 2.84. The highest BCUT2D eigenvalue weighted by Crippen LogP contribution is 2.23. The number of halogens is 1. The first kappa shape index (κ1) is 14.0. The number of nitrogens with one attached hydrogen (secondary N) is 1. The highest BCUT2D eigenvalue weighted by Gasteiger charge is 2.18. The number of esters is 1. The van der Waals surface area contributed by atoms with Crippen LogP contribution in [0.15, 0.2) is 28.7 Å². The van der Waals surface area contributed by atoms with Gasteiger partial charge >= 0.3 is 5.97 Å². The maximum Gasteiger partial charge on any atom is 0.328 e. The van der Waals surface area contributed by atoms with Gasteiger partial charge in [-0.05, 0) is 34.5 Å². The van der Waals surface area contributed by atoms with Crippen LogP contribution < -0.4 is 5.32 Å². The van der Waals surface area contributed by atoms with Gasteiger partial charge in [0.2, 0.25) is 0 Å². The maximum atomic E-state index is 11.6. The third-order valence-corrected chi connectivity index (χ3v) is 3.23. The molecule has 1 N–H and O–H groups in total. The lowest BCUT2D eigenvalue weighted by Crippen LogP contribution is -2.30. The number of hydrogen-bond donors (Lipinski definition) is 1. The molecule has 0 saturated heterocycles. The smallest absolute Gasteiger partial charge is 0.328 e. The van der Waals surface area contributed by atoms with Gasteiger partial charge in [-0.1, -0.05) is 31.9 Å². The molecule has 0 aliphatic rings. The fraction of sp³-hybridized carbons (Fsp3) is 0.462. The van der Waals surface area contributed by atoms with Crippen molar-refractivity contribution >= 4 is 27.6 Å². The van der Waals surface area contributed by atoms with Crippen molar-refractivity contribution in [2.24, 2.45) is 0 Å². The first-order valence-corrected chi connectivity index (χ1v) is 6.57. The highest BCUT2D eigenvalue weighted by molar-refractivity contribution is 9.10. The van der Waals surface area contributed by atoms with E-state index >= 15 is 0 Å². The molecular weight excluding hydrogens is 282 g/mol. The molecule has 0 radical (unpaired) electrons. The maximum absolute atomic E-state index is 11.6. The largest absolute Gasteiger partial charge is 0.467 e. The van der Waals surface area contributed by atoms with Crippen molar-refractivity contribution in [3.8, 4) is 0 Å². The van der Waals surface area contributed by atoms with Gasteiger partial charge in [0, 0.05) is 10.2 Å². The molecule has 0 saturated carbocycles. The topological polar surface area (TPSA) is 38.3 Å². The average molecular weight is 300 g/mol. The summed E-state index contributed by atoms with van der Waals surface area (Å²) in [6.45, 7) is 2.10. The number of unbranched alkanes of at least 4 members (excludes halogenated alkanes) is 1. The number of hydrogen-bond acceptors (Lipinski definition) is 3. The van der Waals surface area contributed by atoms with Crippen molar-refractivity contribution in [3.05, 3.63) is 28.7 Å². The van der Waals surface area contributed by atoms with E-state index in [1.54, 1.807) is 0 Å². The Hall–Kier alpha value is -1.03. The second kappa shape index (κ2) is 7.33. The second-order valence-electron chi connectivity index (χ2n) is 3.84. The van der Waals surface area contributed by atoms with Crippen LogP contribution in [0.1, 0.15) is 26.2 Å². The van der Waals surface area contributed by atoms with Crippen LogP contribution in [0.5, 0.6) is 0 Å². The number of carbonyl (C=O) groups is 1. The van der Waals surface area contributed by atoms with Gasteiger partial charge in [-0.25, -0.2) is 4.79 Å². The van der Waals surface area contributed by atoms with Crippen LogP contribution >= 0.6 is 15.9 Å². The third-order valence-electron chi connectivity index (χ3n) is 2.54. The summed E-state index contributed by atoms with van der Waals surface area (Å²) in [7, 11) is 1.42. The number of benzene rings is 1. The number of ether oxygens (including phenoxy) is 1. The van der Waals surface area contributed by atoms with E-state index in [4.69, 9.17) is 4.74 Å². The van der Waals surface area contributed by atoms with Crippen molar-refractivity contribution < 1.29 is 9.53 Å². The van der Waals surface area contributed by atoms with E-state index < -0.39 is 0 Å². The van der Waals surface area contributed by atoms with E-state index in [-0.39, 0.29) is 12.0 Å². The van der Waals surface area contributed by atoms with Crippen LogP contribution in [-0.2, 0) is 9.53 Å². The van der Waals surface area contributed by atoms with Crippen molar-refractivity contribution in [1.82, 2.24) is 0 Å². The first-order chi connectivity index (χ1) is 8.19. The van der Waals surface area contributed by atoms with Crippen molar-refractivity contribution in [2.75, 3.05) is 12.4 Å². The quantitative estimate of drug-likeness (QED) is 0.816. The van der Waals surface area contributed by atoms with E-state index in [2.05, 4.69) is 28.2 Å². The molecule has 0 amide bonds. The van der Waals surface area contributed by atoms with Gasteiger partial charge in [0.1, 0.15) is 6.04 Å². The van der Waals surface area contributed by atoms with Crippen LogP contribution in [0.3, 0.4) is 0 Å². The Morgan fingerprint density at radius 2 is 2.18 bits per heavy atom. The molecule has 1 atom stereocenters. The van der Waals surface area contributed by atoms with E-state index in [1.165, 1.54) is 7.11 Å². The summed E-state index contributed by atoms with van der Waals surface area (Å²) in [6, 6.07) is 7.47. The van der Waals surface area contributed by atoms with Crippen LogP contribution in [0, 0.1) is 0 Å². The molecule has 1 rings (SSSR count). The minimum absolute atomic E-state index is 0.214. The van der Waals surface area contributed by atoms with Gasteiger partial charge < -0.3 is 10.1 Å². The number of carbonyl (C=O) groups excluding carboxylic acids is 1. The Morgan fingerprint density at radius 1 is 1.47 bits per heavy atom. The fourth-order valence-electron chi connectivity index (χ4n) is 1.57. The summed E-state index contributed by atoms with van der Waals surface area (Å²) < 4.78 is 5.75. The fourth-order valence-corrected chi connectivity index (χ4v) is 1.96. The highest BCUT2D eigenvalue weighted by atomic mass is 79.9. The lowest BCUT2D eigenvalue weighted by Gasteiger charge is -2.18. The molecule has 3 nitrogen and oxygen atoms in total. The van der Waals surface area contributed by atoms with E-state index in [1.807, 2.05) is 24.3 Å². The first-order valence-electron chi connectivity index (χ1n) is 5.78. The SMILES string of the molecule is CCCCC(Nc1ccccc1Br)C(=O)OC. The van der Waals surface area contributed by atoms with Crippen molar-refractivity contribution in [1.29, 1.82) is 0 Å². The van der Waals surface area contributed by atoms with Gasteiger partial charge in [-0.3, -0.25) is 0 Å². The third kappa shape index (κ3) is 4.38. The van der Waals surface area contributed by atoms with Crippen molar-refractivity contribution in [3.63, 3.8) is 0 Å². The predicted molar refractivity (Wildman–Crippen MR) is 73.1 cm³/mol. The van der Waals surface area contributed by atoms with E-state index in [0.29, 0.717) is 0 Å². The average Bonchev–Trinajstić information content (AvgIpc) is 2.35. The van der Waals surface area contributed by atoms with E-state index in [0.717, 1.165) is 29.4 Å². The van der Waals surface area contributed by atoms with Crippen LogP contribution in [-0.4, -0.2) is 19.1 Å². The lowest BCUT2D eigenvalue weighted by molar-refractivity contribution is -0.141. The molecular formula is C13H18BrNO2. The molecule has 94 valence electrons.